The highest BCUT2D eigenvalue weighted by Gasteiger charge is 2.45. The lowest BCUT2D eigenvalue weighted by Crippen LogP contribution is -2.32. The summed E-state index contributed by atoms with van der Waals surface area (Å²) in [4.78, 5) is 31.2. The topological polar surface area (TPSA) is 140 Å². The van der Waals surface area contributed by atoms with Crippen LogP contribution in [0.2, 0.25) is 0 Å². The molecule has 0 aromatic carbocycles. The van der Waals surface area contributed by atoms with E-state index in [1.54, 1.807) is 0 Å². The Kier molecular flexibility index (Phi) is 9.46. The Morgan fingerprint density at radius 2 is 1.96 bits per heavy atom. The lowest BCUT2D eigenvalue weighted by molar-refractivity contribution is -0.171. The molecule has 2 N–H and O–H groups in total. The molecule has 11 heteroatoms. The van der Waals surface area contributed by atoms with E-state index in [0.717, 1.165) is 26.1 Å². The molecule has 23 heavy (non-hydrogen) atoms. The normalized spacial score (nSPS) is 17.7. The predicted octanol–water partition coefficient (Wildman–Crippen LogP) is -0.477. The first-order chi connectivity index (χ1) is 10.6. The Labute approximate surface area is 135 Å². The standard InChI is InChI=1S/C8H17N3.C4H5NO6S/c1-4-9-8-10-6-5-7-11(2)3;6-3-1-2(12(9,10)11)4(7)5(3)8/h4-7H2,1-3H3;2,8H,1H2,(H,9,10,11). The van der Waals surface area contributed by atoms with Crippen LogP contribution < -0.4 is 0 Å². The minimum Gasteiger partial charge on any atom is -0.309 e. The van der Waals surface area contributed by atoms with Gasteiger partial charge < -0.3 is 4.90 Å². The average molecular weight is 350 g/mol. The molecule has 2 amide bonds. The fraction of sp³-hybridized carbons (Fsp3) is 0.750. The van der Waals surface area contributed by atoms with Gasteiger partial charge in [-0.25, -0.2) is 9.98 Å². The fourth-order valence-electron chi connectivity index (χ4n) is 1.46. The Balaban J connectivity index is 0.000000423. The molecule has 1 heterocycles. The van der Waals surface area contributed by atoms with Crippen LogP contribution in [0.3, 0.4) is 0 Å². The third-order valence-electron chi connectivity index (χ3n) is 2.61. The van der Waals surface area contributed by atoms with Gasteiger partial charge in [-0.05, 0) is 34.0 Å². The number of imide groups is 1. The molecule has 1 unspecified atom stereocenters. The van der Waals surface area contributed by atoms with Crippen LogP contribution in [0.1, 0.15) is 19.8 Å². The number of hydrogen-bond donors (Lipinski definition) is 2. The zero-order chi connectivity index (χ0) is 18.0. The number of hydroxylamine groups is 2. The van der Waals surface area contributed by atoms with Crippen molar-refractivity contribution in [1.29, 1.82) is 0 Å². The largest absolute Gasteiger partial charge is 0.309 e. The molecule has 0 bridgehead atoms. The van der Waals surface area contributed by atoms with E-state index in [0.29, 0.717) is 0 Å². The summed E-state index contributed by atoms with van der Waals surface area (Å²) < 4.78 is 29.1. The van der Waals surface area contributed by atoms with E-state index in [9.17, 15) is 18.0 Å². The molecule has 0 radical (unpaired) electrons. The highest BCUT2D eigenvalue weighted by molar-refractivity contribution is 7.87. The average Bonchev–Trinajstić information content (AvgIpc) is 2.71. The minimum atomic E-state index is -4.59. The number of nitrogens with zero attached hydrogens (tertiary/aromatic N) is 4. The minimum absolute atomic E-state index is 0.307. The maximum absolute atomic E-state index is 10.7. The number of amides is 2. The quantitative estimate of drug-likeness (QED) is 0.217. The molecule has 0 spiro atoms. The summed E-state index contributed by atoms with van der Waals surface area (Å²) >= 11 is 0. The van der Waals surface area contributed by atoms with Gasteiger partial charge in [0, 0.05) is 6.54 Å². The number of carbonyl (C=O) groups is 2. The lowest BCUT2D eigenvalue weighted by atomic mass is 10.4. The van der Waals surface area contributed by atoms with E-state index in [-0.39, 0.29) is 5.06 Å². The van der Waals surface area contributed by atoms with Crippen molar-refractivity contribution in [2.75, 3.05) is 33.7 Å². The van der Waals surface area contributed by atoms with Crippen molar-refractivity contribution >= 4 is 27.9 Å². The smallest absolute Gasteiger partial charge is 0.277 e. The van der Waals surface area contributed by atoms with Crippen molar-refractivity contribution in [1.82, 2.24) is 9.96 Å². The Morgan fingerprint density at radius 1 is 1.35 bits per heavy atom. The molecule has 1 rings (SSSR count). The van der Waals surface area contributed by atoms with Crippen molar-refractivity contribution in [2.24, 2.45) is 9.98 Å². The summed E-state index contributed by atoms with van der Waals surface area (Å²) in [7, 11) is -0.471. The van der Waals surface area contributed by atoms with E-state index >= 15 is 0 Å². The summed E-state index contributed by atoms with van der Waals surface area (Å²) in [5.74, 6) is -2.36. The van der Waals surface area contributed by atoms with Gasteiger partial charge in [-0.1, -0.05) is 0 Å². The summed E-state index contributed by atoms with van der Waals surface area (Å²) in [5, 5.41) is 6.40. The summed E-state index contributed by atoms with van der Waals surface area (Å²) in [6.07, 6.45) is 0.368. The highest BCUT2D eigenvalue weighted by atomic mass is 32.2. The van der Waals surface area contributed by atoms with Crippen LogP contribution in [0.4, 0.5) is 0 Å². The van der Waals surface area contributed by atoms with Gasteiger partial charge in [0.05, 0.1) is 19.0 Å². The van der Waals surface area contributed by atoms with Crippen LogP contribution in [-0.2, 0) is 19.7 Å². The SMILES string of the molecule is CCN=C=NCCCN(C)C.O=C1CC(S(=O)(=O)O)C(=O)N1O. The van der Waals surface area contributed by atoms with Crippen LogP contribution in [0.15, 0.2) is 9.98 Å². The molecule has 0 saturated carbocycles. The highest BCUT2D eigenvalue weighted by Crippen LogP contribution is 2.16. The summed E-state index contributed by atoms with van der Waals surface area (Å²) in [5.41, 5.74) is 0. The molecular weight excluding hydrogens is 328 g/mol. The van der Waals surface area contributed by atoms with Crippen LogP contribution in [0, 0.1) is 0 Å². The van der Waals surface area contributed by atoms with Crippen molar-refractivity contribution in [3.05, 3.63) is 0 Å². The molecule has 0 aromatic rings. The number of aliphatic imine (C=N–C) groups is 2. The van der Waals surface area contributed by atoms with Gasteiger partial charge >= 0.3 is 0 Å². The maximum Gasteiger partial charge on any atom is 0.277 e. The van der Waals surface area contributed by atoms with Crippen LogP contribution >= 0.6 is 0 Å². The fourth-order valence-corrected chi connectivity index (χ4v) is 2.17. The zero-order valence-corrected chi connectivity index (χ0v) is 14.2. The van der Waals surface area contributed by atoms with Crippen LogP contribution in [0.25, 0.3) is 0 Å². The van der Waals surface area contributed by atoms with Gasteiger partial charge in [0.1, 0.15) is 0 Å². The molecule has 10 nitrogen and oxygen atoms in total. The van der Waals surface area contributed by atoms with E-state index in [4.69, 9.17) is 9.76 Å². The molecule has 132 valence electrons. The first kappa shape index (κ1) is 21.4. The molecule has 0 aliphatic carbocycles. The van der Waals surface area contributed by atoms with Gasteiger partial charge in [0.15, 0.2) is 5.25 Å². The third-order valence-corrected chi connectivity index (χ3v) is 3.70. The molecule has 0 aromatic heterocycles. The van der Waals surface area contributed by atoms with Crippen molar-refractivity contribution < 1.29 is 27.8 Å². The third kappa shape index (κ3) is 8.53. The lowest BCUT2D eigenvalue weighted by Gasteiger charge is -2.05. The van der Waals surface area contributed by atoms with E-state index in [1.165, 1.54) is 0 Å². The molecular formula is C12H22N4O6S. The summed E-state index contributed by atoms with van der Waals surface area (Å²) in [6.45, 7) is 4.67. The van der Waals surface area contributed by atoms with Gasteiger partial charge in [-0.15, -0.1) is 0 Å². The van der Waals surface area contributed by atoms with Gasteiger partial charge in [0.25, 0.3) is 21.9 Å². The monoisotopic (exact) mass is 350 g/mol. The first-order valence-corrected chi connectivity index (χ1v) is 8.36. The van der Waals surface area contributed by atoms with Gasteiger partial charge in [0.2, 0.25) is 0 Å². The van der Waals surface area contributed by atoms with E-state index in [1.807, 2.05) is 6.92 Å². The van der Waals surface area contributed by atoms with Crippen molar-refractivity contribution in [3.63, 3.8) is 0 Å². The van der Waals surface area contributed by atoms with E-state index in [2.05, 4.69) is 35.0 Å². The second kappa shape index (κ2) is 10.2. The van der Waals surface area contributed by atoms with Crippen LogP contribution in [0.5, 0.6) is 0 Å². The molecule has 1 atom stereocenters. The molecule has 1 aliphatic heterocycles. The Morgan fingerprint density at radius 3 is 2.30 bits per heavy atom. The number of carbonyl (C=O) groups excluding carboxylic acids is 2. The second-order valence-electron chi connectivity index (χ2n) is 4.86. The first-order valence-electron chi connectivity index (χ1n) is 6.85. The second-order valence-corrected chi connectivity index (χ2v) is 6.46. The summed E-state index contributed by atoms with van der Waals surface area (Å²) in [6, 6.07) is 2.64. The molecule has 1 fully saturated rings. The van der Waals surface area contributed by atoms with E-state index < -0.39 is 33.6 Å². The Bertz CT molecular complexity index is 568. The maximum atomic E-state index is 10.7. The Hall–Kier alpha value is -1.65. The number of hydrogen-bond acceptors (Lipinski definition) is 8. The number of rotatable bonds is 6. The zero-order valence-electron chi connectivity index (χ0n) is 13.3. The predicted molar refractivity (Wildman–Crippen MR) is 82.0 cm³/mol. The van der Waals surface area contributed by atoms with Gasteiger partial charge in [-0.2, -0.15) is 13.5 Å². The molecule has 1 saturated heterocycles. The molecule has 1 aliphatic rings. The van der Waals surface area contributed by atoms with Crippen molar-refractivity contribution in [3.8, 4) is 0 Å². The van der Waals surface area contributed by atoms with Crippen LogP contribution in [-0.4, -0.2) is 84.9 Å². The van der Waals surface area contributed by atoms with Gasteiger partial charge in [-0.3, -0.25) is 19.3 Å². The van der Waals surface area contributed by atoms with Crippen molar-refractivity contribution in [2.45, 2.75) is 25.0 Å².